The first-order valence-electron chi connectivity index (χ1n) is 6.60. The molecule has 0 atom stereocenters. The molecule has 0 unspecified atom stereocenters. The third-order valence-corrected chi connectivity index (χ3v) is 4.66. The number of anilines is 1. The van der Waals surface area contributed by atoms with Crippen LogP contribution in [0.15, 0.2) is 40.9 Å². The summed E-state index contributed by atoms with van der Waals surface area (Å²) in [6.45, 7) is 1.61. The summed E-state index contributed by atoms with van der Waals surface area (Å²) in [4.78, 5) is 22.6. The van der Waals surface area contributed by atoms with Gasteiger partial charge in [0.15, 0.2) is 5.11 Å². The average Bonchev–Trinajstić information content (AvgIpc) is 2.50. The molecule has 9 heteroatoms. The largest absolute Gasteiger partial charge is 0.332 e. The number of carbonyl (C=O) groups is 1. The molecule has 24 heavy (non-hydrogen) atoms. The molecule has 124 valence electrons. The Kier molecular flexibility index (Phi) is 6.24. The smallest absolute Gasteiger partial charge is 0.273 e. The molecule has 1 amide bonds. The lowest BCUT2D eigenvalue weighted by atomic mass is 10.1. The van der Waals surface area contributed by atoms with E-state index in [0.29, 0.717) is 5.56 Å². The van der Waals surface area contributed by atoms with Gasteiger partial charge in [0.1, 0.15) is 0 Å². The topological polar surface area (TPSA) is 84.3 Å². The third-order valence-electron chi connectivity index (χ3n) is 3.07. The number of amides is 1. The number of hydrogen-bond acceptors (Lipinski definition) is 4. The van der Waals surface area contributed by atoms with E-state index in [1.807, 2.05) is 18.2 Å². The molecular formula is C15H11BrIN3O3S. The monoisotopic (exact) mass is 519 g/mol. The lowest BCUT2D eigenvalue weighted by Gasteiger charge is -2.11. The predicted octanol–water partition coefficient (Wildman–Crippen LogP) is 4.40. The van der Waals surface area contributed by atoms with Gasteiger partial charge >= 0.3 is 0 Å². The SMILES string of the molecule is Cc1ccc(C(=O)NC(=S)Nc2ccc(Br)cc2I)cc1[N+](=O)[O-]. The Bertz CT molecular complexity index is 845. The molecule has 2 aromatic rings. The zero-order valence-electron chi connectivity index (χ0n) is 12.3. The molecule has 0 saturated carbocycles. The second-order valence-electron chi connectivity index (χ2n) is 4.79. The number of aryl methyl sites for hydroxylation is 1. The van der Waals surface area contributed by atoms with Gasteiger partial charge in [-0.15, -0.1) is 0 Å². The highest BCUT2D eigenvalue weighted by Crippen LogP contribution is 2.23. The summed E-state index contributed by atoms with van der Waals surface area (Å²) in [6, 6.07) is 9.84. The quantitative estimate of drug-likeness (QED) is 0.272. The number of rotatable bonds is 3. The van der Waals surface area contributed by atoms with E-state index in [1.54, 1.807) is 6.92 Å². The highest BCUT2D eigenvalue weighted by atomic mass is 127. The first-order valence-corrected chi connectivity index (χ1v) is 8.88. The first-order chi connectivity index (χ1) is 11.3. The number of hydrogen-bond donors (Lipinski definition) is 2. The summed E-state index contributed by atoms with van der Waals surface area (Å²) in [5.41, 5.74) is 1.30. The average molecular weight is 520 g/mol. The number of carbonyl (C=O) groups excluding carboxylic acids is 1. The second-order valence-corrected chi connectivity index (χ2v) is 7.28. The van der Waals surface area contributed by atoms with Crippen LogP contribution in [-0.4, -0.2) is 15.9 Å². The van der Waals surface area contributed by atoms with Crippen molar-refractivity contribution in [3.63, 3.8) is 0 Å². The minimum absolute atomic E-state index is 0.107. The Morgan fingerprint density at radius 1 is 1.29 bits per heavy atom. The zero-order chi connectivity index (χ0) is 17.9. The van der Waals surface area contributed by atoms with Crippen molar-refractivity contribution in [1.82, 2.24) is 5.32 Å². The van der Waals surface area contributed by atoms with Crippen molar-refractivity contribution in [3.8, 4) is 0 Å². The number of thiocarbonyl (C=S) groups is 1. The third kappa shape index (κ3) is 4.71. The molecule has 2 aromatic carbocycles. The second kappa shape index (κ2) is 7.99. The molecule has 0 heterocycles. The van der Waals surface area contributed by atoms with Crippen molar-refractivity contribution in [2.75, 3.05) is 5.32 Å². The number of benzene rings is 2. The van der Waals surface area contributed by atoms with E-state index in [-0.39, 0.29) is 16.4 Å². The fourth-order valence-corrected chi connectivity index (χ4v) is 3.51. The van der Waals surface area contributed by atoms with Crippen LogP contribution in [0.3, 0.4) is 0 Å². The molecular weight excluding hydrogens is 509 g/mol. The van der Waals surface area contributed by atoms with E-state index < -0.39 is 10.8 Å². The van der Waals surface area contributed by atoms with Crippen LogP contribution in [0, 0.1) is 20.6 Å². The molecule has 2 N–H and O–H groups in total. The van der Waals surface area contributed by atoms with Crippen LogP contribution in [0.2, 0.25) is 0 Å². The van der Waals surface area contributed by atoms with Crippen molar-refractivity contribution in [1.29, 1.82) is 0 Å². The van der Waals surface area contributed by atoms with Gasteiger partial charge < -0.3 is 5.32 Å². The Balaban J connectivity index is 2.10. The van der Waals surface area contributed by atoms with Crippen LogP contribution in [0.1, 0.15) is 15.9 Å². The van der Waals surface area contributed by atoms with Gasteiger partial charge in [0.05, 0.1) is 10.6 Å². The normalized spacial score (nSPS) is 10.1. The number of nitro groups is 1. The van der Waals surface area contributed by atoms with E-state index in [4.69, 9.17) is 12.2 Å². The van der Waals surface area contributed by atoms with Crippen LogP contribution in [0.4, 0.5) is 11.4 Å². The number of nitro benzene ring substituents is 1. The van der Waals surface area contributed by atoms with Crippen LogP contribution in [-0.2, 0) is 0 Å². The highest BCUT2D eigenvalue weighted by Gasteiger charge is 2.16. The van der Waals surface area contributed by atoms with Crippen molar-refractivity contribution in [2.45, 2.75) is 6.92 Å². The number of nitrogens with one attached hydrogen (secondary N) is 2. The molecule has 0 aliphatic rings. The first kappa shape index (κ1) is 18.7. The molecule has 2 rings (SSSR count). The lowest BCUT2D eigenvalue weighted by molar-refractivity contribution is -0.385. The predicted molar refractivity (Wildman–Crippen MR) is 108 cm³/mol. The summed E-state index contributed by atoms with van der Waals surface area (Å²) in [7, 11) is 0. The van der Waals surface area contributed by atoms with Crippen LogP contribution >= 0.6 is 50.7 Å². The van der Waals surface area contributed by atoms with Crippen LogP contribution in [0.25, 0.3) is 0 Å². The molecule has 0 saturated heterocycles. The van der Waals surface area contributed by atoms with Gasteiger partial charge in [0.2, 0.25) is 0 Å². The maximum absolute atomic E-state index is 12.2. The van der Waals surface area contributed by atoms with E-state index in [1.165, 1.54) is 18.2 Å². The standard InChI is InChI=1S/C15H11BrIN3O3S/c1-8-2-3-9(6-13(8)20(22)23)14(21)19-15(24)18-12-5-4-10(16)7-11(12)17/h2-7H,1H3,(H2,18,19,21,24). The number of nitrogens with zero attached hydrogens (tertiary/aromatic N) is 1. The minimum Gasteiger partial charge on any atom is -0.332 e. The molecule has 0 aliphatic heterocycles. The molecule has 6 nitrogen and oxygen atoms in total. The highest BCUT2D eigenvalue weighted by molar-refractivity contribution is 14.1. The van der Waals surface area contributed by atoms with Crippen molar-refractivity contribution >= 4 is 73.1 Å². The van der Waals surface area contributed by atoms with Gasteiger partial charge in [0, 0.05) is 25.2 Å². The van der Waals surface area contributed by atoms with Crippen molar-refractivity contribution in [3.05, 3.63) is 65.7 Å². The molecule has 0 spiro atoms. The number of halogens is 2. The van der Waals surface area contributed by atoms with Gasteiger partial charge in [-0.05, 0) is 66.0 Å². The Hall–Kier alpha value is -1.59. The summed E-state index contributed by atoms with van der Waals surface area (Å²) in [5.74, 6) is -0.511. The van der Waals surface area contributed by atoms with E-state index in [2.05, 4.69) is 49.2 Å². The maximum atomic E-state index is 12.2. The summed E-state index contributed by atoms with van der Waals surface area (Å²) in [6.07, 6.45) is 0. The Labute approximate surface area is 165 Å². The van der Waals surface area contributed by atoms with E-state index in [0.717, 1.165) is 13.7 Å². The van der Waals surface area contributed by atoms with Gasteiger partial charge in [-0.25, -0.2) is 0 Å². The van der Waals surface area contributed by atoms with Crippen molar-refractivity contribution < 1.29 is 9.72 Å². The van der Waals surface area contributed by atoms with Gasteiger partial charge in [-0.3, -0.25) is 20.2 Å². The van der Waals surface area contributed by atoms with Gasteiger partial charge in [-0.1, -0.05) is 22.0 Å². The summed E-state index contributed by atoms with van der Waals surface area (Å²) in [5, 5.41) is 16.5. The lowest BCUT2D eigenvalue weighted by Crippen LogP contribution is -2.34. The molecule has 0 radical (unpaired) electrons. The fraction of sp³-hybridized carbons (Fsp3) is 0.0667. The molecule has 0 aliphatic carbocycles. The molecule has 0 bridgehead atoms. The Morgan fingerprint density at radius 3 is 2.62 bits per heavy atom. The molecule has 0 aromatic heterocycles. The van der Waals surface area contributed by atoms with Gasteiger partial charge in [-0.2, -0.15) is 0 Å². The summed E-state index contributed by atoms with van der Waals surface area (Å²) < 4.78 is 1.85. The van der Waals surface area contributed by atoms with E-state index >= 15 is 0 Å². The zero-order valence-corrected chi connectivity index (χ0v) is 16.9. The maximum Gasteiger partial charge on any atom is 0.273 e. The molecule has 0 fully saturated rings. The van der Waals surface area contributed by atoms with Crippen LogP contribution in [0.5, 0.6) is 0 Å². The summed E-state index contributed by atoms with van der Waals surface area (Å²) >= 11 is 10.6. The van der Waals surface area contributed by atoms with Crippen LogP contribution < -0.4 is 10.6 Å². The minimum atomic E-state index is -0.521. The van der Waals surface area contributed by atoms with Crippen molar-refractivity contribution in [2.24, 2.45) is 0 Å². The van der Waals surface area contributed by atoms with E-state index in [9.17, 15) is 14.9 Å². The fourth-order valence-electron chi connectivity index (χ4n) is 1.87. The van der Waals surface area contributed by atoms with Gasteiger partial charge in [0.25, 0.3) is 11.6 Å². The Morgan fingerprint density at radius 2 is 2.00 bits per heavy atom.